The maximum absolute atomic E-state index is 14.8. The molecule has 5 aromatic rings. The molecule has 0 saturated heterocycles. The Morgan fingerprint density at radius 1 is 0.878 bits per heavy atom. The summed E-state index contributed by atoms with van der Waals surface area (Å²) in [7, 11) is 0. The van der Waals surface area contributed by atoms with Gasteiger partial charge in [-0.05, 0) is 42.4 Å². The molecule has 0 aliphatic rings. The van der Waals surface area contributed by atoms with Crippen LogP contribution in [0.3, 0.4) is 0 Å². The fraction of sp³-hybridized carbons (Fsp3) is 0.152. The fourth-order valence-electron chi connectivity index (χ4n) is 4.94. The number of carbonyl (C=O) groups is 1. The number of hydrogen-bond acceptors (Lipinski definition) is 4. The Balaban J connectivity index is 0.00000387. The number of aromatic nitrogens is 3. The number of halogens is 2. The van der Waals surface area contributed by atoms with Crippen LogP contribution in [0.25, 0.3) is 11.3 Å². The summed E-state index contributed by atoms with van der Waals surface area (Å²) in [4.78, 5) is 26.0. The van der Waals surface area contributed by atoms with E-state index in [1.807, 2.05) is 30.3 Å². The number of aromatic carboxylic acids is 1. The molecule has 0 saturated carbocycles. The molecular formula is C33H25F2IrN3O2-2. The molecule has 0 amide bonds. The predicted octanol–water partition coefficient (Wildman–Crippen LogP) is 6.86. The van der Waals surface area contributed by atoms with Gasteiger partial charge in [0.05, 0.1) is 16.8 Å². The van der Waals surface area contributed by atoms with Crippen LogP contribution >= 0.6 is 0 Å². The zero-order valence-electron chi connectivity index (χ0n) is 21.9. The molecule has 0 bridgehead atoms. The molecule has 209 valence electrons. The van der Waals surface area contributed by atoms with Gasteiger partial charge in [0, 0.05) is 43.6 Å². The quantitative estimate of drug-likeness (QED) is 0.126. The third-order valence-corrected chi connectivity index (χ3v) is 6.85. The molecular weight excluding hydrogens is 701 g/mol. The minimum absolute atomic E-state index is 0. The van der Waals surface area contributed by atoms with Crippen LogP contribution in [0.4, 0.5) is 8.78 Å². The fourth-order valence-corrected chi connectivity index (χ4v) is 4.94. The van der Waals surface area contributed by atoms with Crippen LogP contribution in [0.2, 0.25) is 0 Å². The number of pyridine rings is 3. The average molecular weight is 726 g/mol. The first-order valence-corrected chi connectivity index (χ1v) is 12.9. The number of unbranched alkanes of at least 4 members (excludes halogenated alkanes) is 1. The summed E-state index contributed by atoms with van der Waals surface area (Å²) in [6.45, 7) is 0. The van der Waals surface area contributed by atoms with E-state index >= 15 is 0 Å². The Morgan fingerprint density at radius 3 is 2.37 bits per heavy atom. The SMILES string of the molecule is O=C(O)c1cccc(C(CCCCc2c[c-]ccc2)(c2ccccn2)c2cccc(-c3[c-]cc(F)cc3F)n2)n1.[Ir]. The Labute approximate surface area is 250 Å². The van der Waals surface area contributed by atoms with Crippen LogP contribution in [0.5, 0.6) is 0 Å². The van der Waals surface area contributed by atoms with E-state index in [9.17, 15) is 18.7 Å². The van der Waals surface area contributed by atoms with E-state index in [0.29, 0.717) is 23.5 Å². The van der Waals surface area contributed by atoms with Crippen molar-refractivity contribution < 1.29 is 38.8 Å². The Hall–Kier alpha value is -4.13. The Bertz CT molecular complexity index is 1620. The van der Waals surface area contributed by atoms with Crippen molar-refractivity contribution in [1.82, 2.24) is 15.0 Å². The second kappa shape index (κ2) is 13.5. The van der Waals surface area contributed by atoms with E-state index in [-0.39, 0.29) is 37.1 Å². The Kier molecular flexibility index (Phi) is 9.82. The normalized spacial score (nSPS) is 12.2. The molecule has 5 nitrogen and oxygen atoms in total. The second-order valence-corrected chi connectivity index (χ2v) is 9.40. The first-order chi connectivity index (χ1) is 19.5. The average Bonchev–Trinajstić information content (AvgIpc) is 2.98. The number of nitrogens with zero attached hydrogens (tertiary/aromatic N) is 3. The zero-order valence-corrected chi connectivity index (χ0v) is 24.2. The van der Waals surface area contributed by atoms with Crippen molar-refractivity contribution >= 4 is 5.97 Å². The third kappa shape index (κ3) is 6.61. The topological polar surface area (TPSA) is 76.0 Å². The monoisotopic (exact) mass is 726 g/mol. The van der Waals surface area contributed by atoms with Crippen LogP contribution in [-0.2, 0) is 31.9 Å². The molecule has 1 N–H and O–H groups in total. The summed E-state index contributed by atoms with van der Waals surface area (Å²) in [5, 5.41) is 9.73. The summed E-state index contributed by atoms with van der Waals surface area (Å²) >= 11 is 0. The number of carboxylic acids is 1. The maximum atomic E-state index is 14.8. The largest absolute Gasteiger partial charge is 0.477 e. The molecule has 0 fully saturated rings. The van der Waals surface area contributed by atoms with Crippen molar-refractivity contribution in [1.29, 1.82) is 0 Å². The minimum Gasteiger partial charge on any atom is -0.477 e. The summed E-state index contributed by atoms with van der Waals surface area (Å²) in [6, 6.07) is 31.0. The number of hydrogen-bond donors (Lipinski definition) is 1. The summed E-state index contributed by atoms with van der Waals surface area (Å²) in [6.07, 6.45) is 4.57. The van der Waals surface area contributed by atoms with Gasteiger partial charge in [-0.1, -0.05) is 55.2 Å². The van der Waals surface area contributed by atoms with Crippen molar-refractivity contribution in [3.63, 3.8) is 0 Å². The maximum Gasteiger partial charge on any atom is 0.354 e. The van der Waals surface area contributed by atoms with Crippen molar-refractivity contribution in [2.75, 3.05) is 0 Å². The molecule has 1 unspecified atom stereocenters. The molecule has 0 spiro atoms. The molecule has 3 heterocycles. The van der Waals surface area contributed by atoms with Gasteiger partial charge in [-0.25, -0.2) is 9.78 Å². The van der Waals surface area contributed by atoms with E-state index in [0.717, 1.165) is 31.4 Å². The van der Waals surface area contributed by atoms with E-state index in [4.69, 9.17) is 4.98 Å². The first kappa shape index (κ1) is 29.8. The number of aryl methyl sites for hydroxylation is 1. The van der Waals surface area contributed by atoms with Crippen LogP contribution < -0.4 is 0 Å². The van der Waals surface area contributed by atoms with Gasteiger partial charge in [-0.3, -0.25) is 18.7 Å². The van der Waals surface area contributed by atoms with Gasteiger partial charge < -0.3 is 5.11 Å². The molecule has 5 rings (SSSR count). The molecule has 41 heavy (non-hydrogen) atoms. The second-order valence-electron chi connectivity index (χ2n) is 9.40. The third-order valence-electron chi connectivity index (χ3n) is 6.85. The van der Waals surface area contributed by atoms with Gasteiger partial charge in [0.1, 0.15) is 5.69 Å². The Morgan fingerprint density at radius 2 is 1.66 bits per heavy atom. The van der Waals surface area contributed by atoms with Gasteiger partial charge in [0.2, 0.25) is 0 Å². The van der Waals surface area contributed by atoms with Crippen LogP contribution in [0.15, 0.2) is 97.2 Å². The van der Waals surface area contributed by atoms with Crippen LogP contribution in [-0.4, -0.2) is 26.0 Å². The molecule has 2 aromatic carbocycles. The van der Waals surface area contributed by atoms with Gasteiger partial charge in [0.25, 0.3) is 0 Å². The number of rotatable bonds is 10. The van der Waals surface area contributed by atoms with Crippen molar-refractivity contribution in [2.24, 2.45) is 0 Å². The van der Waals surface area contributed by atoms with Crippen molar-refractivity contribution in [3.8, 4) is 11.3 Å². The van der Waals surface area contributed by atoms with Gasteiger partial charge in [-0.15, -0.1) is 12.1 Å². The van der Waals surface area contributed by atoms with Gasteiger partial charge >= 0.3 is 5.97 Å². The summed E-state index contributed by atoms with van der Waals surface area (Å²) in [5.41, 5.74) is 1.92. The van der Waals surface area contributed by atoms with Crippen LogP contribution in [0, 0.1) is 23.8 Å². The molecule has 1 atom stereocenters. The number of carboxylic acid groups (broad SMARTS) is 1. The van der Waals surface area contributed by atoms with E-state index in [1.165, 1.54) is 11.6 Å². The molecule has 1 radical (unpaired) electrons. The summed E-state index contributed by atoms with van der Waals surface area (Å²) < 4.78 is 28.4. The first-order valence-electron chi connectivity index (χ1n) is 12.9. The predicted molar refractivity (Wildman–Crippen MR) is 147 cm³/mol. The standard InChI is InChI=1S/C33H25F2N3O2.Ir/c34-24-18-19-25(26(35)22-24)27-13-8-16-30(37-27)33(29-15-5-7-21-36-29,31-17-9-14-28(38-31)32(39)40)20-6-4-12-23-10-2-1-3-11-23;/h1-2,5,7-11,13-18,21-22H,4,6,12,20H2,(H,39,40);/q-2;. The zero-order chi connectivity index (χ0) is 28.0. The van der Waals surface area contributed by atoms with Gasteiger partial charge in [-0.2, -0.15) is 35.9 Å². The minimum atomic E-state index is -1.15. The number of benzene rings is 2. The van der Waals surface area contributed by atoms with Gasteiger partial charge in [0.15, 0.2) is 0 Å². The molecule has 0 aliphatic heterocycles. The smallest absolute Gasteiger partial charge is 0.354 e. The molecule has 0 aliphatic carbocycles. The summed E-state index contributed by atoms with van der Waals surface area (Å²) in [5.74, 6) is -2.66. The van der Waals surface area contributed by atoms with Crippen molar-refractivity contribution in [3.05, 3.63) is 149 Å². The van der Waals surface area contributed by atoms with E-state index < -0.39 is 23.0 Å². The molecule has 3 aromatic heterocycles. The van der Waals surface area contributed by atoms with Crippen molar-refractivity contribution in [2.45, 2.75) is 31.1 Å². The van der Waals surface area contributed by atoms with E-state index in [1.54, 1.807) is 42.6 Å². The molecule has 8 heteroatoms. The van der Waals surface area contributed by atoms with Crippen LogP contribution in [0.1, 0.15) is 52.4 Å². The van der Waals surface area contributed by atoms with E-state index in [2.05, 4.69) is 28.2 Å².